The molecule has 1 aliphatic carbocycles. The normalized spacial score (nSPS) is 13.8. The number of aromatic nitrogens is 1. The molecule has 23 heavy (non-hydrogen) atoms. The van der Waals surface area contributed by atoms with Crippen LogP contribution in [-0.2, 0) is 31.3 Å². The molecule has 124 valence electrons. The molecule has 0 bridgehead atoms. The van der Waals surface area contributed by atoms with E-state index in [1.807, 2.05) is 24.4 Å². The Labute approximate surface area is 151 Å². The number of hydrogen-bond donors (Lipinski definition) is 1. The SMILES string of the molecule is CC(=O)/C=C(/C)O.CC1(C)c2ccc[c-]c2-c2ncccc21.[Pt]. The number of aliphatic hydroxyl groups excluding tert-OH is 1. The van der Waals surface area contributed by atoms with Crippen molar-refractivity contribution in [3.8, 4) is 11.3 Å². The molecule has 0 radical (unpaired) electrons. The van der Waals surface area contributed by atoms with Crippen LogP contribution in [0.25, 0.3) is 11.3 Å². The van der Waals surface area contributed by atoms with E-state index in [9.17, 15) is 4.79 Å². The third-order valence-electron chi connectivity index (χ3n) is 3.66. The number of aliphatic hydroxyl groups is 1. The fraction of sp³-hybridized carbons (Fsp3) is 0.263. The van der Waals surface area contributed by atoms with Gasteiger partial charge < -0.3 is 10.1 Å². The van der Waals surface area contributed by atoms with Gasteiger partial charge in [0.2, 0.25) is 0 Å². The maximum absolute atomic E-state index is 10.0. The van der Waals surface area contributed by atoms with Gasteiger partial charge in [-0.25, -0.2) is 0 Å². The number of allylic oxidation sites excluding steroid dienone is 2. The minimum Gasteiger partial charge on any atom is -0.512 e. The van der Waals surface area contributed by atoms with Crippen LogP contribution < -0.4 is 0 Å². The molecule has 1 aliphatic rings. The summed E-state index contributed by atoms with van der Waals surface area (Å²) < 4.78 is 0. The zero-order valence-electron chi connectivity index (χ0n) is 13.7. The van der Waals surface area contributed by atoms with Crippen LogP contribution in [0.5, 0.6) is 0 Å². The summed E-state index contributed by atoms with van der Waals surface area (Å²) in [5.41, 5.74) is 4.97. The van der Waals surface area contributed by atoms with Gasteiger partial charge in [-0.05, 0) is 31.0 Å². The number of hydrogen-bond acceptors (Lipinski definition) is 3. The number of rotatable bonds is 1. The van der Waals surface area contributed by atoms with Crippen molar-refractivity contribution in [2.24, 2.45) is 0 Å². The van der Waals surface area contributed by atoms with Gasteiger partial charge in [-0.2, -0.15) is 0 Å². The first-order valence-electron chi connectivity index (χ1n) is 7.19. The second-order valence-electron chi connectivity index (χ2n) is 5.88. The van der Waals surface area contributed by atoms with Gasteiger partial charge in [0.25, 0.3) is 0 Å². The number of carbonyl (C=O) groups excluding carboxylic acids is 1. The Morgan fingerprint density at radius 3 is 2.43 bits per heavy atom. The van der Waals surface area contributed by atoms with Crippen LogP contribution >= 0.6 is 0 Å². The monoisotopic (exact) mass is 489 g/mol. The maximum Gasteiger partial charge on any atom is 0.155 e. The van der Waals surface area contributed by atoms with Crippen molar-refractivity contribution in [1.29, 1.82) is 0 Å². The number of fused-ring (bicyclic) bond motifs is 3. The van der Waals surface area contributed by atoms with Crippen molar-refractivity contribution in [2.75, 3.05) is 0 Å². The van der Waals surface area contributed by atoms with Gasteiger partial charge in [-0.3, -0.25) is 4.79 Å². The minimum absolute atomic E-state index is 0. The van der Waals surface area contributed by atoms with Crippen molar-refractivity contribution in [3.05, 3.63) is 65.6 Å². The molecule has 3 rings (SSSR count). The molecule has 0 spiro atoms. The third kappa shape index (κ3) is 4.17. The van der Waals surface area contributed by atoms with Crippen LogP contribution in [0.3, 0.4) is 0 Å². The second kappa shape index (κ2) is 7.70. The van der Waals surface area contributed by atoms with Gasteiger partial charge in [0.15, 0.2) is 5.78 Å². The zero-order chi connectivity index (χ0) is 16.3. The quantitative estimate of drug-likeness (QED) is 0.371. The van der Waals surface area contributed by atoms with Gasteiger partial charge in [0.05, 0.1) is 5.76 Å². The predicted molar refractivity (Wildman–Crippen MR) is 87.7 cm³/mol. The maximum atomic E-state index is 10.0. The molecule has 0 fully saturated rings. The largest absolute Gasteiger partial charge is 0.512 e. The molecule has 0 atom stereocenters. The fourth-order valence-electron chi connectivity index (χ4n) is 2.70. The minimum atomic E-state index is -0.125. The number of benzene rings is 1. The summed E-state index contributed by atoms with van der Waals surface area (Å²) in [6.45, 7) is 7.33. The summed E-state index contributed by atoms with van der Waals surface area (Å²) >= 11 is 0. The van der Waals surface area contributed by atoms with E-state index < -0.39 is 0 Å². The Balaban J connectivity index is 0.000000287. The van der Waals surface area contributed by atoms with Crippen LogP contribution in [-0.4, -0.2) is 15.9 Å². The molecule has 0 unspecified atom stereocenters. The van der Waals surface area contributed by atoms with Crippen molar-refractivity contribution in [1.82, 2.24) is 4.98 Å². The first-order chi connectivity index (χ1) is 10.3. The summed E-state index contributed by atoms with van der Waals surface area (Å²) in [7, 11) is 0. The molecule has 3 nitrogen and oxygen atoms in total. The van der Waals surface area contributed by atoms with Gasteiger partial charge in [-0.15, -0.1) is 35.4 Å². The van der Waals surface area contributed by atoms with Crippen LogP contribution in [0.1, 0.15) is 38.8 Å². The van der Waals surface area contributed by atoms with Crippen molar-refractivity contribution in [3.63, 3.8) is 0 Å². The molecule has 1 aromatic heterocycles. The number of pyridine rings is 1. The summed E-state index contributed by atoms with van der Waals surface area (Å²) in [6.07, 6.45) is 3.02. The Morgan fingerprint density at radius 1 is 1.22 bits per heavy atom. The van der Waals surface area contributed by atoms with E-state index in [0.29, 0.717) is 0 Å². The van der Waals surface area contributed by atoms with Crippen LogP contribution in [0.4, 0.5) is 0 Å². The Kier molecular flexibility index (Phi) is 6.46. The molecular formula is C19H20NO2Pt-. The number of ketones is 1. The van der Waals surface area contributed by atoms with Gasteiger partial charge in [-0.1, -0.05) is 25.5 Å². The number of nitrogens with zero attached hydrogens (tertiary/aromatic N) is 1. The summed E-state index contributed by atoms with van der Waals surface area (Å²) in [4.78, 5) is 14.5. The average molecular weight is 489 g/mol. The Bertz CT molecular complexity index is 684. The van der Waals surface area contributed by atoms with Crippen molar-refractivity contribution >= 4 is 5.78 Å². The van der Waals surface area contributed by atoms with E-state index in [1.54, 1.807) is 0 Å². The van der Waals surface area contributed by atoms with Crippen LogP contribution in [0.2, 0.25) is 0 Å². The van der Waals surface area contributed by atoms with Gasteiger partial charge in [0, 0.05) is 33.3 Å². The first kappa shape index (κ1) is 19.3. The fourth-order valence-corrected chi connectivity index (χ4v) is 2.70. The topological polar surface area (TPSA) is 50.2 Å². The molecule has 0 saturated heterocycles. The predicted octanol–water partition coefficient (Wildman–Crippen LogP) is 4.22. The Morgan fingerprint density at radius 2 is 1.87 bits per heavy atom. The smallest absolute Gasteiger partial charge is 0.155 e. The van der Waals surface area contributed by atoms with Crippen LogP contribution in [0.15, 0.2) is 48.4 Å². The molecule has 2 aromatic rings. The van der Waals surface area contributed by atoms with E-state index in [-0.39, 0.29) is 38.0 Å². The van der Waals surface area contributed by atoms with E-state index in [1.165, 1.54) is 31.1 Å². The van der Waals surface area contributed by atoms with E-state index in [0.717, 1.165) is 11.3 Å². The average Bonchev–Trinajstić information content (AvgIpc) is 2.68. The molecule has 0 amide bonds. The molecular weight excluding hydrogens is 469 g/mol. The summed E-state index contributed by atoms with van der Waals surface area (Å²) in [5.74, 6) is -0.0625. The standard InChI is InChI=1S/C14H12N.C5H8O2.Pt/c1-14(2)11-7-4-3-6-10(11)13-12(14)8-5-9-15-13;1-4(6)3-5(2)7;/h3-5,7-9H,1-2H3;3,6H,1-2H3;/q-1;;/b;4-3-;. The summed E-state index contributed by atoms with van der Waals surface area (Å²) in [5, 5.41) is 8.36. The van der Waals surface area contributed by atoms with Gasteiger partial charge >= 0.3 is 0 Å². The van der Waals surface area contributed by atoms with Crippen molar-refractivity contribution in [2.45, 2.75) is 33.1 Å². The van der Waals surface area contributed by atoms with E-state index in [4.69, 9.17) is 5.11 Å². The zero-order valence-corrected chi connectivity index (χ0v) is 15.9. The molecule has 1 N–H and O–H groups in total. The van der Waals surface area contributed by atoms with Crippen molar-refractivity contribution < 1.29 is 31.0 Å². The molecule has 1 aromatic carbocycles. The molecule has 1 heterocycles. The first-order valence-corrected chi connectivity index (χ1v) is 7.19. The number of carbonyl (C=O) groups is 1. The van der Waals surface area contributed by atoms with Crippen LogP contribution in [0, 0.1) is 6.07 Å². The third-order valence-corrected chi connectivity index (χ3v) is 3.66. The summed E-state index contributed by atoms with van der Waals surface area (Å²) in [6, 6.07) is 13.6. The Hall–Kier alpha value is -1.73. The molecule has 0 aliphatic heterocycles. The molecule has 0 saturated carbocycles. The second-order valence-corrected chi connectivity index (χ2v) is 5.88. The van der Waals surface area contributed by atoms with E-state index in [2.05, 4.69) is 37.0 Å². The molecule has 4 heteroatoms. The van der Waals surface area contributed by atoms with Gasteiger partial charge in [0.1, 0.15) is 0 Å². The van der Waals surface area contributed by atoms with E-state index >= 15 is 0 Å².